The van der Waals surface area contributed by atoms with Gasteiger partial charge in [-0.15, -0.1) is 0 Å². The summed E-state index contributed by atoms with van der Waals surface area (Å²) in [5.41, 5.74) is 1.20. The van der Waals surface area contributed by atoms with Crippen molar-refractivity contribution in [1.82, 2.24) is 10.2 Å². The molecule has 1 N–H and O–H groups in total. The van der Waals surface area contributed by atoms with Crippen LogP contribution in [0.1, 0.15) is 32.3 Å². The van der Waals surface area contributed by atoms with E-state index in [-0.39, 0.29) is 0 Å². The van der Waals surface area contributed by atoms with Gasteiger partial charge in [0.05, 0.1) is 0 Å². The topological polar surface area (TPSA) is 15.3 Å². The van der Waals surface area contributed by atoms with E-state index in [1.165, 1.54) is 38.0 Å². The zero-order valence-electron chi connectivity index (χ0n) is 12.0. The first-order valence-electron chi connectivity index (χ1n) is 7.40. The summed E-state index contributed by atoms with van der Waals surface area (Å²) in [6, 6.07) is 8.66. The van der Waals surface area contributed by atoms with Gasteiger partial charge >= 0.3 is 0 Å². The summed E-state index contributed by atoms with van der Waals surface area (Å²) in [5.74, 6) is 0.797. The largest absolute Gasteiger partial charge is 0.310 e. The molecule has 2 rings (SSSR count). The number of piperidine rings is 1. The van der Waals surface area contributed by atoms with Gasteiger partial charge < -0.3 is 10.2 Å². The highest BCUT2D eigenvalue weighted by Gasteiger charge is 2.22. The fraction of sp³-hybridized carbons (Fsp3) is 0.625. The quantitative estimate of drug-likeness (QED) is 0.887. The molecule has 3 heteroatoms. The standard InChI is InChI=1S/C16H25ClN2/c1-3-19-10-8-14(9-11-19)13(2)18-12-15-6-4-5-7-16(15)17/h4-7,13-14,18H,3,8-12H2,1-2H3. The second kappa shape index (κ2) is 7.28. The summed E-state index contributed by atoms with van der Waals surface area (Å²) in [5, 5.41) is 4.50. The van der Waals surface area contributed by atoms with Crippen LogP contribution in [0.2, 0.25) is 5.02 Å². The minimum Gasteiger partial charge on any atom is -0.310 e. The van der Waals surface area contributed by atoms with Crippen molar-refractivity contribution in [3.8, 4) is 0 Å². The van der Waals surface area contributed by atoms with Gasteiger partial charge in [0.25, 0.3) is 0 Å². The van der Waals surface area contributed by atoms with Crippen LogP contribution >= 0.6 is 11.6 Å². The summed E-state index contributed by atoms with van der Waals surface area (Å²) >= 11 is 6.18. The number of nitrogens with one attached hydrogen (secondary N) is 1. The third-order valence-electron chi connectivity index (χ3n) is 4.36. The fourth-order valence-corrected chi connectivity index (χ4v) is 3.05. The summed E-state index contributed by atoms with van der Waals surface area (Å²) in [7, 11) is 0. The van der Waals surface area contributed by atoms with Crippen molar-refractivity contribution >= 4 is 11.6 Å². The van der Waals surface area contributed by atoms with Gasteiger partial charge in [-0.05, 0) is 56.9 Å². The van der Waals surface area contributed by atoms with E-state index in [1.807, 2.05) is 18.2 Å². The van der Waals surface area contributed by atoms with Crippen molar-refractivity contribution < 1.29 is 0 Å². The second-order valence-electron chi connectivity index (χ2n) is 5.53. The van der Waals surface area contributed by atoms with Crippen LogP contribution in [-0.2, 0) is 6.54 Å². The molecule has 1 saturated heterocycles. The molecule has 2 nitrogen and oxygen atoms in total. The molecule has 1 fully saturated rings. The molecule has 1 aliphatic heterocycles. The molecule has 1 aromatic carbocycles. The number of nitrogens with zero attached hydrogens (tertiary/aromatic N) is 1. The smallest absolute Gasteiger partial charge is 0.0450 e. The van der Waals surface area contributed by atoms with Crippen LogP contribution in [0.25, 0.3) is 0 Å². The predicted molar refractivity (Wildman–Crippen MR) is 82.6 cm³/mol. The van der Waals surface area contributed by atoms with Crippen molar-refractivity contribution in [3.63, 3.8) is 0 Å². The predicted octanol–water partition coefficient (Wildman–Crippen LogP) is 3.55. The minimum absolute atomic E-state index is 0.565. The maximum absolute atomic E-state index is 6.18. The van der Waals surface area contributed by atoms with Gasteiger partial charge in [-0.3, -0.25) is 0 Å². The van der Waals surface area contributed by atoms with E-state index in [4.69, 9.17) is 11.6 Å². The molecule has 0 aromatic heterocycles. The first kappa shape index (κ1) is 14.8. The first-order valence-corrected chi connectivity index (χ1v) is 7.77. The molecule has 0 spiro atoms. The van der Waals surface area contributed by atoms with E-state index >= 15 is 0 Å². The molecular formula is C16H25ClN2. The lowest BCUT2D eigenvalue weighted by molar-refractivity contribution is 0.168. The van der Waals surface area contributed by atoms with Gasteiger partial charge in [-0.25, -0.2) is 0 Å². The molecule has 0 bridgehead atoms. The van der Waals surface area contributed by atoms with E-state index < -0.39 is 0 Å². The molecule has 106 valence electrons. The Hall–Kier alpha value is -0.570. The first-order chi connectivity index (χ1) is 9.20. The highest BCUT2D eigenvalue weighted by molar-refractivity contribution is 6.31. The number of hydrogen-bond acceptors (Lipinski definition) is 2. The average Bonchev–Trinajstić information content (AvgIpc) is 2.46. The molecule has 1 atom stereocenters. The number of halogens is 1. The van der Waals surface area contributed by atoms with Crippen LogP contribution in [0.5, 0.6) is 0 Å². The molecule has 1 heterocycles. The Balaban J connectivity index is 1.79. The molecule has 1 aromatic rings. The fourth-order valence-electron chi connectivity index (χ4n) is 2.85. The van der Waals surface area contributed by atoms with Gasteiger partial charge in [-0.2, -0.15) is 0 Å². The van der Waals surface area contributed by atoms with E-state index in [9.17, 15) is 0 Å². The van der Waals surface area contributed by atoms with Crippen LogP contribution in [0, 0.1) is 5.92 Å². The van der Waals surface area contributed by atoms with Crippen LogP contribution < -0.4 is 5.32 Å². The summed E-state index contributed by atoms with van der Waals surface area (Å²) < 4.78 is 0. The third-order valence-corrected chi connectivity index (χ3v) is 4.73. The van der Waals surface area contributed by atoms with Gasteiger partial charge in [0, 0.05) is 17.6 Å². The molecule has 19 heavy (non-hydrogen) atoms. The molecule has 1 unspecified atom stereocenters. The van der Waals surface area contributed by atoms with Gasteiger partial charge in [0.1, 0.15) is 0 Å². The Labute approximate surface area is 122 Å². The third kappa shape index (κ3) is 4.20. The van der Waals surface area contributed by atoms with E-state index in [0.717, 1.165) is 17.5 Å². The maximum atomic E-state index is 6.18. The van der Waals surface area contributed by atoms with Gasteiger partial charge in [0.2, 0.25) is 0 Å². The van der Waals surface area contributed by atoms with Crippen LogP contribution in [-0.4, -0.2) is 30.6 Å². The Kier molecular flexibility index (Phi) is 5.68. The molecular weight excluding hydrogens is 256 g/mol. The zero-order valence-corrected chi connectivity index (χ0v) is 12.8. The minimum atomic E-state index is 0.565. The van der Waals surface area contributed by atoms with Crippen molar-refractivity contribution in [2.45, 2.75) is 39.3 Å². The monoisotopic (exact) mass is 280 g/mol. The molecule has 0 amide bonds. The lowest BCUT2D eigenvalue weighted by Gasteiger charge is -2.34. The molecule has 0 radical (unpaired) electrons. The van der Waals surface area contributed by atoms with Crippen LogP contribution in [0.3, 0.4) is 0 Å². The van der Waals surface area contributed by atoms with Crippen molar-refractivity contribution in [2.24, 2.45) is 5.92 Å². The SMILES string of the molecule is CCN1CCC(C(C)NCc2ccccc2Cl)CC1. The second-order valence-corrected chi connectivity index (χ2v) is 5.94. The van der Waals surface area contributed by atoms with Gasteiger partial charge in [-0.1, -0.05) is 36.7 Å². The van der Waals surface area contributed by atoms with E-state index in [0.29, 0.717) is 6.04 Å². The van der Waals surface area contributed by atoms with E-state index in [2.05, 4.69) is 30.1 Å². The Morgan fingerprint density at radius 2 is 2.00 bits per heavy atom. The maximum Gasteiger partial charge on any atom is 0.0450 e. The summed E-state index contributed by atoms with van der Waals surface area (Å²) in [6.45, 7) is 9.12. The number of hydrogen-bond donors (Lipinski definition) is 1. The van der Waals surface area contributed by atoms with Gasteiger partial charge in [0.15, 0.2) is 0 Å². The zero-order chi connectivity index (χ0) is 13.7. The number of rotatable bonds is 5. The molecule has 1 aliphatic rings. The van der Waals surface area contributed by atoms with E-state index in [1.54, 1.807) is 0 Å². The lowest BCUT2D eigenvalue weighted by Crippen LogP contribution is -2.41. The number of benzene rings is 1. The average molecular weight is 281 g/mol. The summed E-state index contributed by atoms with van der Waals surface area (Å²) in [6.07, 6.45) is 2.62. The Morgan fingerprint density at radius 3 is 2.63 bits per heavy atom. The highest BCUT2D eigenvalue weighted by Crippen LogP contribution is 2.21. The van der Waals surface area contributed by atoms with Crippen LogP contribution in [0.4, 0.5) is 0 Å². The highest BCUT2D eigenvalue weighted by atomic mass is 35.5. The Morgan fingerprint density at radius 1 is 1.32 bits per heavy atom. The normalized spacial score (nSPS) is 19.5. The van der Waals surface area contributed by atoms with Crippen LogP contribution in [0.15, 0.2) is 24.3 Å². The lowest BCUT2D eigenvalue weighted by atomic mass is 9.90. The van der Waals surface area contributed by atoms with Crippen molar-refractivity contribution in [2.75, 3.05) is 19.6 Å². The summed E-state index contributed by atoms with van der Waals surface area (Å²) in [4.78, 5) is 2.54. The Bertz CT molecular complexity index is 386. The molecule has 0 aliphatic carbocycles. The molecule has 0 saturated carbocycles. The van der Waals surface area contributed by atoms with Crippen molar-refractivity contribution in [3.05, 3.63) is 34.9 Å². The number of likely N-dealkylation sites (tertiary alicyclic amines) is 1. The van der Waals surface area contributed by atoms with Crippen molar-refractivity contribution in [1.29, 1.82) is 0 Å².